The van der Waals surface area contributed by atoms with Gasteiger partial charge in [0.05, 0.1) is 25.5 Å². The minimum atomic E-state index is -0.765. The highest BCUT2D eigenvalue weighted by Crippen LogP contribution is 2.20. The number of aryl methyl sites for hydroxylation is 1. The summed E-state index contributed by atoms with van der Waals surface area (Å²) in [5, 5.41) is 13.1. The molecule has 2 N–H and O–H groups in total. The number of carbonyl (C=O) groups excluding carboxylic acids is 1. The van der Waals surface area contributed by atoms with Crippen LogP contribution in [0, 0.1) is 0 Å². The summed E-state index contributed by atoms with van der Waals surface area (Å²) < 4.78 is 10.3. The van der Waals surface area contributed by atoms with Gasteiger partial charge in [-0.3, -0.25) is 4.79 Å². The largest absolute Gasteiger partial charge is 0.497 e. The van der Waals surface area contributed by atoms with Crippen molar-refractivity contribution in [1.82, 2.24) is 5.32 Å². The maximum atomic E-state index is 11.9. The highest BCUT2D eigenvalue weighted by Gasteiger charge is 2.18. The molecule has 1 aromatic carbocycles. The standard InChI is InChI=1S/C17H21NO4/c1-12(17(20)13-5-7-14(21-2)8-6-13)18-16(19)10-9-15-4-3-11-22-15/h3-8,11-12,17,20H,9-10H2,1-2H3,(H,18,19). The smallest absolute Gasteiger partial charge is 0.220 e. The molecular formula is C17H21NO4. The van der Waals surface area contributed by atoms with Crippen molar-refractivity contribution < 1.29 is 19.1 Å². The average molecular weight is 303 g/mol. The molecule has 2 aromatic rings. The van der Waals surface area contributed by atoms with Gasteiger partial charge in [-0.2, -0.15) is 0 Å². The first-order chi connectivity index (χ1) is 10.6. The molecule has 0 fully saturated rings. The molecule has 118 valence electrons. The number of rotatable bonds is 7. The van der Waals surface area contributed by atoms with Gasteiger partial charge in [-0.05, 0) is 36.8 Å². The lowest BCUT2D eigenvalue weighted by molar-refractivity contribution is -0.122. The molecule has 0 bridgehead atoms. The topological polar surface area (TPSA) is 71.7 Å². The first-order valence-corrected chi connectivity index (χ1v) is 7.24. The molecule has 0 saturated carbocycles. The van der Waals surface area contributed by atoms with Crippen molar-refractivity contribution in [2.24, 2.45) is 0 Å². The summed E-state index contributed by atoms with van der Waals surface area (Å²) in [4.78, 5) is 11.9. The first-order valence-electron chi connectivity index (χ1n) is 7.24. The van der Waals surface area contributed by atoms with Crippen molar-refractivity contribution in [3.8, 4) is 5.75 Å². The van der Waals surface area contributed by atoms with Crippen LogP contribution in [-0.4, -0.2) is 24.2 Å². The van der Waals surface area contributed by atoms with Crippen LogP contribution in [0.1, 0.15) is 30.8 Å². The van der Waals surface area contributed by atoms with E-state index in [1.54, 1.807) is 50.6 Å². The lowest BCUT2D eigenvalue weighted by Crippen LogP contribution is -2.37. The predicted molar refractivity (Wildman–Crippen MR) is 82.6 cm³/mol. The summed E-state index contributed by atoms with van der Waals surface area (Å²) in [6, 6.07) is 10.4. The van der Waals surface area contributed by atoms with E-state index in [9.17, 15) is 9.90 Å². The van der Waals surface area contributed by atoms with Gasteiger partial charge in [-0.15, -0.1) is 0 Å². The van der Waals surface area contributed by atoms with Crippen LogP contribution in [0.2, 0.25) is 0 Å². The van der Waals surface area contributed by atoms with E-state index in [4.69, 9.17) is 9.15 Å². The Hall–Kier alpha value is -2.27. The number of hydrogen-bond donors (Lipinski definition) is 2. The second-order valence-electron chi connectivity index (χ2n) is 5.15. The minimum absolute atomic E-state index is 0.114. The SMILES string of the molecule is COc1ccc(C(O)C(C)NC(=O)CCc2ccco2)cc1. The number of ether oxygens (including phenoxy) is 1. The van der Waals surface area contributed by atoms with Crippen LogP contribution in [0.5, 0.6) is 5.75 Å². The normalized spacial score (nSPS) is 13.4. The van der Waals surface area contributed by atoms with Gasteiger partial charge in [0.25, 0.3) is 0 Å². The fourth-order valence-electron chi connectivity index (χ4n) is 2.19. The molecule has 0 aliphatic heterocycles. The molecule has 1 amide bonds. The van der Waals surface area contributed by atoms with Crippen molar-refractivity contribution in [1.29, 1.82) is 0 Å². The van der Waals surface area contributed by atoms with E-state index in [0.29, 0.717) is 12.8 Å². The highest BCUT2D eigenvalue weighted by atomic mass is 16.5. The Morgan fingerprint density at radius 1 is 1.32 bits per heavy atom. The van der Waals surface area contributed by atoms with Crippen LogP contribution in [0.25, 0.3) is 0 Å². The molecule has 0 spiro atoms. The van der Waals surface area contributed by atoms with E-state index < -0.39 is 6.10 Å². The lowest BCUT2D eigenvalue weighted by Gasteiger charge is -2.20. The molecule has 1 heterocycles. The van der Waals surface area contributed by atoms with E-state index >= 15 is 0 Å². The number of hydrogen-bond acceptors (Lipinski definition) is 4. The van der Waals surface area contributed by atoms with E-state index in [0.717, 1.165) is 17.1 Å². The summed E-state index contributed by atoms with van der Waals surface area (Å²) in [7, 11) is 1.59. The Balaban J connectivity index is 1.84. The lowest BCUT2D eigenvalue weighted by atomic mass is 10.0. The number of aliphatic hydroxyl groups excluding tert-OH is 1. The van der Waals surface area contributed by atoms with Gasteiger partial charge >= 0.3 is 0 Å². The molecule has 0 aliphatic carbocycles. The molecule has 0 radical (unpaired) electrons. The van der Waals surface area contributed by atoms with Crippen LogP contribution in [-0.2, 0) is 11.2 Å². The maximum Gasteiger partial charge on any atom is 0.220 e. The Morgan fingerprint density at radius 2 is 2.05 bits per heavy atom. The van der Waals surface area contributed by atoms with Gasteiger partial charge in [0, 0.05) is 12.8 Å². The van der Waals surface area contributed by atoms with E-state index in [1.165, 1.54) is 0 Å². The minimum Gasteiger partial charge on any atom is -0.497 e. The van der Waals surface area contributed by atoms with Gasteiger partial charge in [0.15, 0.2) is 0 Å². The number of aliphatic hydroxyl groups is 1. The summed E-state index contributed by atoms with van der Waals surface area (Å²) in [6.45, 7) is 1.78. The van der Waals surface area contributed by atoms with E-state index in [2.05, 4.69) is 5.32 Å². The number of amides is 1. The predicted octanol–water partition coefficient (Wildman–Crippen LogP) is 2.46. The number of methoxy groups -OCH3 is 1. The molecule has 2 atom stereocenters. The number of nitrogens with one attached hydrogen (secondary N) is 1. The molecule has 5 heteroatoms. The monoisotopic (exact) mass is 303 g/mol. The third-order valence-corrected chi connectivity index (χ3v) is 3.50. The van der Waals surface area contributed by atoms with Crippen LogP contribution in [0.4, 0.5) is 0 Å². The van der Waals surface area contributed by atoms with E-state index in [-0.39, 0.29) is 11.9 Å². The van der Waals surface area contributed by atoms with Gasteiger partial charge in [-0.1, -0.05) is 12.1 Å². The molecule has 2 unspecified atom stereocenters. The second-order valence-corrected chi connectivity index (χ2v) is 5.15. The molecule has 22 heavy (non-hydrogen) atoms. The zero-order valence-electron chi connectivity index (χ0n) is 12.8. The highest BCUT2D eigenvalue weighted by molar-refractivity contribution is 5.76. The summed E-state index contributed by atoms with van der Waals surface area (Å²) in [5.74, 6) is 1.39. The van der Waals surface area contributed by atoms with Gasteiger partial charge in [-0.25, -0.2) is 0 Å². The van der Waals surface area contributed by atoms with E-state index in [1.807, 2.05) is 6.07 Å². The van der Waals surface area contributed by atoms with Gasteiger partial charge < -0.3 is 19.6 Å². The fourth-order valence-corrected chi connectivity index (χ4v) is 2.19. The van der Waals surface area contributed by atoms with Gasteiger partial charge in [0.2, 0.25) is 5.91 Å². The second kappa shape index (κ2) is 7.66. The number of benzene rings is 1. The zero-order chi connectivity index (χ0) is 15.9. The summed E-state index contributed by atoms with van der Waals surface area (Å²) >= 11 is 0. The molecule has 2 rings (SSSR count). The molecule has 0 aliphatic rings. The Labute approximate surface area is 129 Å². The van der Waals surface area contributed by atoms with Crippen molar-refractivity contribution in [3.05, 3.63) is 54.0 Å². The summed E-state index contributed by atoms with van der Waals surface area (Å²) in [5.41, 5.74) is 0.736. The quantitative estimate of drug-likeness (QED) is 0.824. The maximum absolute atomic E-state index is 11.9. The Kier molecular flexibility index (Phi) is 5.61. The van der Waals surface area contributed by atoms with Crippen LogP contribution < -0.4 is 10.1 Å². The molecule has 0 saturated heterocycles. The number of furan rings is 1. The Bertz CT molecular complexity index is 577. The number of carbonyl (C=O) groups is 1. The molecular weight excluding hydrogens is 282 g/mol. The van der Waals surface area contributed by atoms with Crippen LogP contribution in [0.15, 0.2) is 47.1 Å². The van der Waals surface area contributed by atoms with Crippen molar-refractivity contribution >= 4 is 5.91 Å². The fraction of sp³-hybridized carbons (Fsp3) is 0.353. The van der Waals surface area contributed by atoms with Crippen LogP contribution in [0.3, 0.4) is 0 Å². The third-order valence-electron chi connectivity index (χ3n) is 3.50. The van der Waals surface area contributed by atoms with Crippen molar-refractivity contribution in [2.45, 2.75) is 31.9 Å². The van der Waals surface area contributed by atoms with Crippen molar-refractivity contribution in [2.75, 3.05) is 7.11 Å². The third kappa shape index (κ3) is 4.36. The average Bonchev–Trinajstić information content (AvgIpc) is 3.05. The van der Waals surface area contributed by atoms with Crippen molar-refractivity contribution in [3.63, 3.8) is 0 Å². The van der Waals surface area contributed by atoms with Gasteiger partial charge in [0.1, 0.15) is 11.5 Å². The molecule has 5 nitrogen and oxygen atoms in total. The zero-order valence-corrected chi connectivity index (χ0v) is 12.8. The molecule has 1 aromatic heterocycles. The Morgan fingerprint density at radius 3 is 2.64 bits per heavy atom. The first kappa shape index (κ1) is 16.1. The summed E-state index contributed by atoms with van der Waals surface area (Å²) in [6.07, 6.45) is 1.69. The van der Waals surface area contributed by atoms with Crippen LogP contribution >= 0.6 is 0 Å².